The molecule has 0 bridgehead atoms. The lowest BCUT2D eigenvalue weighted by atomic mass is 10.1. The fourth-order valence-corrected chi connectivity index (χ4v) is 1.70. The summed E-state index contributed by atoms with van der Waals surface area (Å²) in [7, 11) is 0. The van der Waals surface area contributed by atoms with Gasteiger partial charge in [0.25, 0.3) is 0 Å². The van der Waals surface area contributed by atoms with Crippen LogP contribution in [0.3, 0.4) is 0 Å². The summed E-state index contributed by atoms with van der Waals surface area (Å²) >= 11 is 0. The van der Waals surface area contributed by atoms with E-state index in [0.717, 1.165) is 0 Å². The highest BCUT2D eigenvalue weighted by Crippen LogP contribution is 2.27. The van der Waals surface area contributed by atoms with Gasteiger partial charge in [-0.05, 0) is 36.4 Å². The van der Waals surface area contributed by atoms with Crippen molar-refractivity contribution in [1.29, 1.82) is 0 Å². The molecule has 1 aliphatic rings. The van der Waals surface area contributed by atoms with Crippen molar-refractivity contribution in [2.45, 2.75) is 0 Å². The van der Waals surface area contributed by atoms with Crippen molar-refractivity contribution in [1.82, 2.24) is 0 Å². The van der Waals surface area contributed by atoms with Crippen molar-refractivity contribution in [3.05, 3.63) is 59.7 Å². The number of ether oxygens (including phenoxy) is 2. The van der Waals surface area contributed by atoms with Gasteiger partial charge in [-0.15, -0.1) is 0 Å². The van der Waals surface area contributed by atoms with Crippen molar-refractivity contribution in [3.8, 4) is 11.5 Å². The minimum atomic E-state index is -0.637. The molecule has 0 saturated heterocycles. The monoisotopic (exact) mass is 239 g/mol. The maximum Gasteiger partial charge on any atom is 0.347 e. The zero-order chi connectivity index (χ0) is 12.5. The standard InChI is InChI=1S/C14H7O4/c15-13-11-7-6-10(8-12(11)14(16)18-13)17-9-4-2-1-3-5-9/h2-8H. The molecule has 0 saturated carbocycles. The van der Waals surface area contributed by atoms with E-state index >= 15 is 0 Å². The van der Waals surface area contributed by atoms with Crippen LogP contribution in [0.5, 0.6) is 11.5 Å². The highest BCUT2D eigenvalue weighted by atomic mass is 16.6. The van der Waals surface area contributed by atoms with Gasteiger partial charge in [-0.25, -0.2) is 9.59 Å². The molecule has 4 nitrogen and oxygen atoms in total. The third-order valence-corrected chi connectivity index (χ3v) is 2.54. The first-order valence-corrected chi connectivity index (χ1v) is 5.28. The smallest absolute Gasteiger partial charge is 0.347 e. The van der Waals surface area contributed by atoms with Gasteiger partial charge in [-0.3, -0.25) is 0 Å². The van der Waals surface area contributed by atoms with Crippen LogP contribution in [0.15, 0.2) is 42.5 Å². The third kappa shape index (κ3) is 1.73. The maximum absolute atomic E-state index is 11.4. The average molecular weight is 239 g/mol. The zero-order valence-corrected chi connectivity index (χ0v) is 9.17. The topological polar surface area (TPSA) is 52.6 Å². The largest absolute Gasteiger partial charge is 0.457 e. The average Bonchev–Trinajstić information content (AvgIpc) is 2.66. The molecule has 0 aliphatic carbocycles. The highest BCUT2D eigenvalue weighted by molar-refractivity contribution is 6.14. The van der Waals surface area contributed by atoms with E-state index in [2.05, 4.69) is 10.8 Å². The summed E-state index contributed by atoms with van der Waals surface area (Å²) in [4.78, 5) is 22.6. The fraction of sp³-hybridized carbons (Fsp3) is 0. The second kappa shape index (κ2) is 4.00. The van der Waals surface area contributed by atoms with Crippen molar-refractivity contribution in [2.75, 3.05) is 0 Å². The molecule has 0 amide bonds. The minimum absolute atomic E-state index is 0.236. The molecule has 0 N–H and O–H groups in total. The molecule has 1 heterocycles. The molecule has 4 heteroatoms. The predicted octanol–water partition coefficient (Wildman–Crippen LogP) is 2.59. The van der Waals surface area contributed by atoms with Crippen molar-refractivity contribution in [2.24, 2.45) is 0 Å². The van der Waals surface area contributed by atoms with Gasteiger partial charge in [0.2, 0.25) is 0 Å². The van der Waals surface area contributed by atoms with Crippen LogP contribution in [0.2, 0.25) is 0 Å². The molecule has 3 rings (SSSR count). The Morgan fingerprint density at radius 2 is 1.61 bits per heavy atom. The van der Waals surface area contributed by atoms with E-state index in [-0.39, 0.29) is 11.1 Å². The molecule has 87 valence electrons. The van der Waals surface area contributed by atoms with Gasteiger partial charge >= 0.3 is 11.9 Å². The number of carbonyl (C=O) groups is 2. The van der Waals surface area contributed by atoms with E-state index in [4.69, 9.17) is 4.74 Å². The van der Waals surface area contributed by atoms with Gasteiger partial charge in [-0.1, -0.05) is 12.1 Å². The molecule has 2 aromatic rings. The number of benzene rings is 2. The summed E-state index contributed by atoms with van der Waals surface area (Å²) < 4.78 is 10.0. The van der Waals surface area contributed by atoms with Crippen LogP contribution in [0.25, 0.3) is 0 Å². The lowest BCUT2D eigenvalue weighted by molar-refractivity contribution is 0.0443. The van der Waals surface area contributed by atoms with E-state index in [9.17, 15) is 9.59 Å². The van der Waals surface area contributed by atoms with Crippen LogP contribution in [-0.4, -0.2) is 11.9 Å². The Bertz CT molecular complexity index is 631. The molecule has 0 aromatic heterocycles. The van der Waals surface area contributed by atoms with Crippen molar-refractivity contribution in [3.63, 3.8) is 0 Å². The SMILES string of the molecule is O=C1OC(=O)c2cc(Oc3cc[c]cc3)ccc21. The molecule has 2 aromatic carbocycles. The Morgan fingerprint density at radius 3 is 2.39 bits per heavy atom. The van der Waals surface area contributed by atoms with Gasteiger partial charge in [-0.2, -0.15) is 0 Å². The number of fused-ring (bicyclic) bond motifs is 1. The molecule has 0 atom stereocenters. The van der Waals surface area contributed by atoms with E-state index in [1.165, 1.54) is 12.1 Å². The van der Waals surface area contributed by atoms with Gasteiger partial charge in [0.05, 0.1) is 11.1 Å². The first-order valence-electron chi connectivity index (χ1n) is 5.28. The summed E-state index contributed by atoms with van der Waals surface area (Å²) in [6.07, 6.45) is 0. The Hall–Kier alpha value is -2.62. The number of cyclic esters (lactones) is 2. The molecule has 0 spiro atoms. The van der Waals surface area contributed by atoms with E-state index in [1.807, 2.05) is 0 Å². The predicted molar refractivity (Wildman–Crippen MR) is 61.5 cm³/mol. The van der Waals surface area contributed by atoms with Gasteiger partial charge < -0.3 is 9.47 Å². The van der Waals surface area contributed by atoms with Crippen molar-refractivity contribution < 1.29 is 19.1 Å². The van der Waals surface area contributed by atoms with Crippen LogP contribution in [0.4, 0.5) is 0 Å². The summed E-state index contributed by atoms with van der Waals surface area (Å²) in [5, 5.41) is 0. The summed E-state index contributed by atoms with van der Waals surface area (Å²) in [5.74, 6) is -0.143. The molecule has 0 fully saturated rings. The Balaban J connectivity index is 1.94. The second-order valence-corrected chi connectivity index (χ2v) is 3.72. The van der Waals surface area contributed by atoms with Crippen LogP contribution < -0.4 is 4.74 Å². The zero-order valence-electron chi connectivity index (χ0n) is 9.17. The highest BCUT2D eigenvalue weighted by Gasteiger charge is 2.29. The van der Waals surface area contributed by atoms with Crippen LogP contribution in [0, 0.1) is 6.07 Å². The molecular weight excluding hydrogens is 232 g/mol. The quantitative estimate of drug-likeness (QED) is 0.597. The van der Waals surface area contributed by atoms with E-state index in [0.29, 0.717) is 11.5 Å². The second-order valence-electron chi connectivity index (χ2n) is 3.72. The number of rotatable bonds is 2. The maximum atomic E-state index is 11.4. The van der Waals surface area contributed by atoms with Gasteiger partial charge in [0.15, 0.2) is 0 Å². The first kappa shape index (κ1) is 10.5. The molecule has 0 unspecified atom stereocenters. The summed E-state index contributed by atoms with van der Waals surface area (Å²) in [5.41, 5.74) is 0.508. The molecule has 1 aliphatic heterocycles. The Morgan fingerprint density at radius 1 is 0.889 bits per heavy atom. The Labute approximate surface area is 103 Å². The lowest BCUT2D eigenvalue weighted by Gasteiger charge is -2.05. The first-order chi connectivity index (χ1) is 8.74. The van der Waals surface area contributed by atoms with Crippen LogP contribution >= 0.6 is 0 Å². The number of carbonyl (C=O) groups excluding carboxylic acids is 2. The summed E-state index contributed by atoms with van der Waals surface area (Å²) in [6.45, 7) is 0. The molecule has 1 radical (unpaired) electrons. The van der Waals surface area contributed by atoms with Gasteiger partial charge in [0, 0.05) is 0 Å². The van der Waals surface area contributed by atoms with Crippen LogP contribution in [0.1, 0.15) is 20.7 Å². The molecule has 18 heavy (non-hydrogen) atoms. The molecular formula is C14H7O4. The van der Waals surface area contributed by atoms with Crippen LogP contribution in [-0.2, 0) is 4.74 Å². The lowest BCUT2D eigenvalue weighted by Crippen LogP contribution is -1.96. The minimum Gasteiger partial charge on any atom is -0.457 e. The van der Waals surface area contributed by atoms with Gasteiger partial charge in [0.1, 0.15) is 11.5 Å². The number of esters is 2. The van der Waals surface area contributed by atoms with Crippen molar-refractivity contribution >= 4 is 11.9 Å². The number of hydrogen-bond donors (Lipinski definition) is 0. The number of hydrogen-bond acceptors (Lipinski definition) is 4. The summed E-state index contributed by atoms with van der Waals surface area (Å²) in [6, 6.07) is 14.5. The fourth-order valence-electron chi connectivity index (χ4n) is 1.70. The Kier molecular flexibility index (Phi) is 2.34. The van der Waals surface area contributed by atoms with E-state index < -0.39 is 11.9 Å². The third-order valence-electron chi connectivity index (χ3n) is 2.54. The van der Waals surface area contributed by atoms with E-state index in [1.54, 1.807) is 30.3 Å². The normalized spacial score (nSPS) is 13.1.